The molecule has 1 aromatic carbocycles. The number of benzene rings is 1. The molecule has 22 heavy (non-hydrogen) atoms. The maximum Gasteiger partial charge on any atom is 0.223 e. The summed E-state index contributed by atoms with van der Waals surface area (Å²) in [6.45, 7) is 4.85. The third kappa shape index (κ3) is 4.53. The highest BCUT2D eigenvalue weighted by Gasteiger charge is 2.21. The summed E-state index contributed by atoms with van der Waals surface area (Å²) in [5, 5.41) is 3.09. The van der Waals surface area contributed by atoms with Crippen molar-refractivity contribution in [2.45, 2.75) is 19.9 Å². The normalized spacial score (nSPS) is 15.0. The van der Waals surface area contributed by atoms with E-state index in [1.165, 1.54) is 6.07 Å². The van der Waals surface area contributed by atoms with Gasteiger partial charge in [-0.15, -0.1) is 0 Å². The quantitative estimate of drug-likeness (QED) is 0.826. The molecule has 0 unspecified atom stereocenters. The summed E-state index contributed by atoms with van der Waals surface area (Å²) >= 11 is 0. The van der Waals surface area contributed by atoms with E-state index in [-0.39, 0.29) is 17.6 Å². The molecule has 0 saturated carbocycles. The third-order valence-corrected chi connectivity index (χ3v) is 3.87. The average Bonchev–Trinajstić information content (AvgIpc) is 2.53. The number of rotatable bonds is 5. The largest absolute Gasteiger partial charge is 0.339 e. The van der Waals surface area contributed by atoms with Gasteiger partial charge in [0.1, 0.15) is 5.82 Å². The second-order valence-corrected chi connectivity index (χ2v) is 5.41. The van der Waals surface area contributed by atoms with E-state index in [1.807, 2.05) is 0 Å². The predicted molar refractivity (Wildman–Crippen MR) is 81.6 cm³/mol. The Morgan fingerprint density at radius 1 is 1.14 bits per heavy atom. The second-order valence-electron chi connectivity index (χ2n) is 5.41. The van der Waals surface area contributed by atoms with Crippen LogP contribution in [-0.2, 0) is 16.1 Å². The van der Waals surface area contributed by atoms with Crippen LogP contribution in [-0.4, -0.2) is 54.3 Å². The monoisotopic (exact) mass is 307 g/mol. The van der Waals surface area contributed by atoms with E-state index < -0.39 is 0 Å². The van der Waals surface area contributed by atoms with Gasteiger partial charge in [-0.05, 0) is 6.07 Å². The van der Waals surface area contributed by atoms with Crippen LogP contribution in [0.15, 0.2) is 24.3 Å². The Morgan fingerprint density at radius 2 is 1.77 bits per heavy atom. The molecule has 1 fully saturated rings. The Kier molecular flexibility index (Phi) is 5.89. The first-order valence-corrected chi connectivity index (χ1v) is 7.55. The number of carbonyl (C=O) groups is 2. The molecule has 0 aliphatic carbocycles. The first-order chi connectivity index (χ1) is 10.6. The van der Waals surface area contributed by atoms with Crippen molar-refractivity contribution in [3.63, 3.8) is 0 Å². The number of hydrogen-bond acceptors (Lipinski definition) is 3. The van der Waals surface area contributed by atoms with Gasteiger partial charge in [-0.25, -0.2) is 4.39 Å². The number of carbonyl (C=O) groups excluding carboxylic acids is 2. The van der Waals surface area contributed by atoms with Gasteiger partial charge in [0.2, 0.25) is 11.8 Å². The van der Waals surface area contributed by atoms with E-state index in [0.717, 1.165) is 0 Å². The molecule has 1 saturated heterocycles. The topological polar surface area (TPSA) is 52.7 Å². The van der Waals surface area contributed by atoms with Gasteiger partial charge in [-0.1, -0.05) is 18.2 Å². The zero-order valence-electron chi connectivity index (χ0n) is 12.8. The second kappa shape index (κ2) is 7.89. The molecule has 2 amide bonds. The van der Waals surface area contributed by atoms with E-state index in [0.29, 0.717) is 51.3 Å². The van der Waals surface area contributed by atoms with Crippen LogP contribution in [0.25, 0.3) is 0 Å². The molecule has 2 rings (SSSR count). The molecule has 1 aliphatic rings. The Bertz CT molecular complexity index is 528. The third-order valence-electron chi connectivity index (χ3n) is 3.87. The zero-order chi connectivity index (χ0) is 15.9. The molecular weight excluding hydrogens is 285 g/mol. The Hall–Kier alpha value is -1.95. The summed E-state index contributed by atoms with van der Waals surface area (Å²) < 4.78 is 13.4. The number of amides is 2. The number of nitrogens with one attached hydrogen (secondary N) is 1. The van der Waals surface area contributed by atoms with Crippen LogP contribution in [0.3, 0.4) is 0 Å². The molecule has 0 aromatic heterocycles. The van der Waals surface area contributed by atoms with Crippen molar-refractivity contribution in [2.24, 2.45) is 0 Å². The predicted octanol–water partition coefficient (Wildman–Crippen LogP) is 0.996. The fourth-order valence-electron chi connectivity index (χ4n) is 2.49. The average molecular weight is 307 g/mol. The highest BCUT2D eigenvalue weighted by Crippen LogP contribution is 2.06. The van der Waals surface area contributed by atoms with Crippen LogP contribution in [0.5, 0.6) is 0 Å². The molecule has 1 aliphatic heterocycles. The molecule has 0 atom stereocenters. The maximum atomic E-state index is 13.4. The van der Waals surface area contributed by atoms with Crippen molar-refractivity contribution in [1.82, 2.24) is 15.1 Å². The van der Waals surface area contributed by atoms with E-state index in [4.69, 9.17) is 0 Å². The highest BCUT2D eigenvalue weighted by atomic mass is 19.1. The van der Waals surface area contributed by atoms with Crippen molar-refractivity contribution >= 4 is 11.8 Å². The fraction of sp³-hybridized carbons (Fsp3) is 0.500. The maximum absolute atomic E-state index is 13.4. The van der Waals surface area contributed by atoms with Crippen LogP contribution >= 0.6 is 0 Å². The van der Waals surface area contributed by atoms with Gasteiger partial charge in [0.15, 0.2) is 0 Å². The number of halogens is 1. The van der Waals surface area contributed by atoms with Crippen LogP contribution in [0.2, 0.25) is 0 Å². The Morgan fingerprint density at radius 3 is 2.41 bits per heavy atom. The van der Waals surface area contributed by atoms with Crippen molar-refractivity contribution < 1.29 is 14.0 Å². The minimum atomic E-state index is -0.235. The van der Waals surface area contributed by atoms with Gasteiger partial charge in [0.05, 0.1) is 0 Å². The standard InChI is InChI=1S/C16H22FN3O2/c1-13(21)19-8-10-20(11-9-19)16(22)6-7-18-12-14-4-2-3-5-15(14)17/h2-5,18H,6-12H2,1H3. The lowest BCUT2D eigenvalue weighted by atomic mass is 10.2. The summed E-state index contributed by atoms with van der Waals surface area (Å²) in [5.74, 6) is -0.107. The van der Waals surface area contributed by atoms with Gasteiger partial charge in [0, 0.05) is 58.2 Å². The summed E-state index contributed by atoms with van der Waals surface area (Å²) in [6.07, 6.45) is 0.383. The minimum Gasteiger partial charge on any atom is -0.339 e. The molecule has 0 radical (unpaired) electrons. The lowest BCUT2D eigenvalue weighted by Gasteiger charge is -2.34. The van der Waals surface area contributed by atoms with Gasteiger partial charge in [0.25, 0.3) is 0 Å². The van der Waals surface area contributed by atoms with Crippen molar-refractivity contribution in [1.29, 1.82) is 0 Å². The molecule has 0 bridgehead atoms. The van der Waals surface area contributed by atoms with Gasteiger partial charge in [-0.2, -0.15) is 0 Å². The van der Waals surface area contributed by atoms with E-state index in [2.05, 4.69) is 5.32 Å². The molecule has 1 aromatic rings. The summed E-state index contributed by atoms with van der Waals surface area (Å²) in [5.41, 5.74) is 0.602. The minimum absolute atomic E-state index is 0.0543. The van der Waals surface area contributed by atoms with Crippen molar-refractivity contribution in [2.75, 3.05) is 32.7 Å². The summed E-state index contributed by atoms with van der Waals surface area (Å²) in [4.78, 5) is 26.8. The van der Waals surface area contributed by atoms with Crippen LogP contribution < -0.4 is 5.32 Å². The highest BCUT2D eigenvalue weighted by molar-refractivity contribution is 5.77. The summed E-state index contributed by atoms with van der Waals surface area (Å²) in [6, 6.07) is 6.60. The molecule has 1 heterocycles. The SMILES string of the molecule is CC(=O)N1CCN(C(=O)CCNCc2ccccc2F)CC1. The van der Waals surface area contributed by atoms with Crippen LogP contribution in [0, 0.1) is 5.82 Å². The van der Waals surface area contributed by atoms with Crippen molar-refractivity contribution in [3.05, 3.63) is 35.6 Å². The number of hydrogen-bond donors (Lipinski definition) is 1. The smallest absolute Gasteiger partial charge is 0.223 e. The lowest BCUT2D eigenvalue weighted by molar-refractivity contribution is -0.138. The van der Waals surface area contributed by atoms with Gasteiger partial charge < -0.3 is 15.1 Å². The molecule has 6 heteroatoms. The van der Waals surface area contributed by atoms with Gasteiger partial charge >= 0.3 is 0 Å². The van der Waals surface area contributed by atoms with Crippen molar-refractivity contribution in [3.8, 4) is 0 Å². The molecule has 120 valence electrons. The van der Waals surface area contributed by atoms with Crippen LogP contribution in [0.4, 0.5) is 4.39 Å². The molecular formula is C16H22FN3O2. The molecule has 1 N–H and O–H groups in total. The number of nitrogens with zero attached hydrogens (tertiary/aromatic N) is 2. The van der Waals surface area contributed by atoms with Crippen LogP contribution in [0.1, 0.15) is 18.9 Å². The Balaban J connectivity index is 1.66. The summed E-state index contributed by atoms with van der Waals surface area (Å²) in [7, 11) is 0. The fourth-order valence-corrected chi connectivity index (χ4v) is 2.49. The molecule has 0 spiro atoms. The van der Waals surface area contributed by atoms with Gasteiger partial charge in [-0.3, -0.25) is 9.59 Å². The van der Waals surface area contributed by atoms with E-state index in [9.17, 15) is 14.0 Å². The van der Waals surface area contributed by atoms with E-state index >= 15 is 0 Å². The first kappa shape index (κ1) is 16.4. The number of piperazine rings is 1. The first-order valence-electron chi connectivity index (χ1n) is 7.55. The zero-order valence-corrected chi connectivity index (χ0v) is 12.8. The van der Waals surface area contributed by atoms with E-state index in [1.54, 1.807) is 34.9 Å². The lowest BCUT2D eigenvalue weighted by Crippen LogP contribution is -2.50. The molecule has 5 nitrogen and oxygen atoms in total. The Labute approximate surface area is 130 Å².